The van der Waals surface area contributed by atoms with Gasteiger partial charge in [0.25, 0.3) is 0 Å². The standard InChI is InChI=1S/C14H15BrN2O3/c1-9-11(14(18)19)12(15)13(17(9)7-8-20-2)10-3-5-16-6-4-10/h3-6H,7-8H2,1-2H3,(H,18,19). The highest BCUT2D eigenvalue weighted by Crippen LogP contribution is 2.35. The van der Waals surface area contributed by atoms with Crippen molar-refractivity contribution in [1.29, 1.82) is 0 Å². The monoisotopic (exact) mass is 338 g/mol. The first-order valence-corrected chi connectivity index (χ1v) is 6.88. The third-order valence-electron chi connectivity index (χ3n) is 3.15. The Bertz CT molecular complexity index is 623. The van der Waals surface area contributed by atoms with E-state index in [9.17, 15) is 9.90 Å². The van der Waals surface area contributed by atoms with E-state index in [0.717, 1.165) is 11.3 Å². The average molecular weight is 339 g/mol. The maximum absolute atomic E-state index is 11.4. The Morgan fingerprint density at radius 1 is 1.45 bits per heavy atom. The molecule has 0 atom stereocenters. The lowest BCUT2D eigenvalue weighted by molar-refractivity contribution is 0.0695. The Hall–Kier alpha value is -1.66. The molecule has 0 aliphatic rings. The Kier molecular flexibility index (Phi) is 4.57. The highest BCUT2D eigenvalue weighted by molar-refractivity contribution is 9.10. The van der Waals surface area contributed by atoms with E-state index in [4.69, 9.17) is 4.74 Å². The van der Waals surface area contributed by atoms with E-state index in [1.807, 2.05) is 16.7 Å². The van der Waals surface area contributed by atoms with Gasteiger partial charge in [-0.1, -0.05) is 0 Å². The van der Waals surface area contributed by atoms with Crippen molar-refractivity contribution in [2.24, 2.45) is 0 Å². The highest BCUT2D eigenvalue weighted by atomic mass is 79.9. The fourth-order valence-electron chi connectivity index (χ4n) is 2.20. The molecule has 20 heavy (non-hydrogen) atoms. The van der Waals surface area contributed by atoms with Gasteiger partial charge in [-0.3, -0.25) is 4.98 Å². The zero-order valence-electron chi connectivity index (χ0n) is 11.3. The summed E-state index contributed by atoms with van der Waals surface area (Å²) in [5, 5.41) is 9.37. The predicted octanol–water partition coefficient (Wildman–Crippen LogP) is 2.97. The number of carboxylic acids is 1. The first-order valence-electron chi connectivity index (χ1n) is 6.09. The molecule has 0 saturated carbocycles. The van der Waals surface area contributed by atoms with Crippen molar-refractivity contribution in [3.63, 3.8) is 0 Å². The summed E-state index contributed by atoms with van der Waals surface area (Å²) in [5.41, 5.74) is 2.74. The zero-order valence-corrected chi connectivity index (χ0v) is 12.8. The molecule has 2 rings (SSSR count). The lowest BCUT2D eigenvalue weighted by Gasteiger charge is -2.11. The largest absolute Gasteiger partial charge is 0.478 e. The number of aromatic carboxylic acids is 1. The van der Waals surface area contributed by atoms with Crippen molar-refractivity contribution in [1.82, 2.24) is 9.55 Å². The second-order valence-corrected chi connectivity index (χ2v) is 5.10. The average Bonchev–Trinajstić information content (AvgIpc) is 2.68. The molecule has 2 heterocycles. The number of halogens is 1. The van der Waals surface area contributed by atoms with Crippen LogP contribution in [0.2, 0.25) is 0 Å². The summed E-state index contributed by atoms with van der Waals surface area (Å²) in [7, 11) is 1.62. The summed E-state index contributed by atoms with van der Waals surface area (Å²) in [6.45, 7) is 2.90. The Morgan fingerprint density at radius 3 is 2.65 bits per heavy atom. The molecule has 0 radical (unpaired) electrons. The molecule has 106 valence electrons. The number of ether oxygens (including phenoxy) is 1. The summed E-state index contributed by atoms with van der Waals surface area (Å²) < 4.78 is 7.64. The molecule has 0 aromatic carbocycles. The molecule has 2 aromatic heterocycles. The van der Waals surface area contributed by atoms with Crippen molar-refractivity contribution in [3.8, 4) is 11.3 Å². The Balaban J connectivity index is 2.64. The molecular weight excluding hydrogens is 324 g/mol. The molecule has 0 unspecified atom stereocenters. The van der Waals surface area contributed by atoms with Crippen LogP contribution in [0.1, 0.15) is 16.1 Å². The van der Waals surface area contributed by atoms with E-state index >= 15 is 0 Å². The smallest absolute Gasteiger partial charge is 0.338 e. The molecule has 1 N–H and O–H groups in total. The van der Waals surface area contributed by atoms with Gasteiger partial charge in [-0.05, 0) is 35.0 Å². The third-order valence-corrected chi connectivity index (χ3v) is 3.92. The van der Waals surface area contributed by atoms with Crippen molar-refractivity contribution < 1.29 is 14.6 Å². The quantitative estimate of drug-likeness (QED) is 0.910. The van der Waals surface area contributed by atoms with Crippen LogP contribution in [0.5, 0.6) is 0 Å². The molecule has 0 bridgehead atoms. The fraction of sp³-hybridized carbons (Fsp3) is 0.286. The number of nitrogens with zero attached hydrogens (tertiary/aromatic N) is 2. The molecule has 5 nitrogen and oxygen atoms in total. The minimum Gasteiger partial charge on any atom is -0.478 e. The predicted molar refractivity (Wildman–Crippen MR) is 78.9 cm³/mol. The summed E-state index contributed by atoms with van der Waals surface area (Å²) in [6, 6.07) is 3.71. The minimum absolute atomic E-state index is 0.285. The van der Waals surface area contributed by atoms with Gasteiger partial charge in [0.15, 0.2) is 0 Å². The van der Waals surface area contributed by atoms with Crippen LogP contribution in [-0.4, -0.2) is 34.3 Å². The van der Waals surface area contributed by atoms with E-state index in [1.54, 1.807) is 26.4 Å². The van der Waals surface area contributed by atoms with Crippen LogP contribution < -0.4 is 0 Å². The number of hydrogen-bond acceptors (Lipinski definition) is 3. The second-order valence-electron chi connectivity index (χ2n) is 4.31. The number of rotatable bonds is 5. The van der Waals surface area contributed by atoms with Gasteiger partial charge in [0.05, 0.1) is 22.3 Å². The number of carbonyl (C=O) groups is 1. The first-order chi connectivity index (χ1) is 9.57. The van der Waals surface area contributed by atoms with E-state index < -0.39 is 5.97 Å². The molecule has 0 fully saturated rings. The number of aromatic nitrogens is 2. The number of carboxylic acid groups (broad SMARTS) is 1. The van der Waals surface area contributed by atoms with E-state index in [2.05, 4.69) is 20.9 Å². The van der Waals surface area contributed by atoms with Crippen molar-refractivity contribution in [3.05, 3.63) is 40.3 Å². The number of pyridine rings is 1. The fourth-order valence-corrected chi connectivity index (χ4v) is 3.10. The minimum atomic E-state index is -0.944. The van der Waals surface area contributed by atoms with Crippen LogP contribution in [0.25, 0.3) is 11.3 Å². The molecule has 0 saturated heterocycles. The van der Waals surface area contributed by atoms with Gasteiger partial charge in [-0.2, -0.15) is 0 Å². The van der Waals surface area contributed by atoms with Crippen LogP contribution in [0.4, 0.5) is 0 Å². The van der Waals surface area contributed by atoms with E-state index in [1.165, 1.54) is 0 Å². The lowest BCUT2D eigenvalue weighted by atomic mass is 10.2. The van der Waals surface area contributed by atoms with Crippen molar-refractivity contribution >= 4 is 21.9 Å². The van der Waals surface area contributed by atoms with Gasteiger partial charge in [-0.15, -0.1) is 0 Å². The topological polar surface area (TPSA) is 64.3 Å². The van der Waals surface area contributed by atoms with Gasteiger partial charge in [-0.25, -0.2) is 4.79 Å². The molecule has 2 aromatic rings. The Labute approximate surface area is 125 Å². The second kappa shape index (κ2) is 6.19. The summed E-state index contributed by atoms with van der Waals surface area (Å²) >= 11 is 3.42. The van der Waals surface area contributed by atoms with E-state index in [-0.39, 0.29) is 5.56 Å². The molecule has 6 heteroatoms. The number of hydrogen-bond donors (Lipinski definition) is 1. The molecule has 0 amide bonds. The summed E-state index contributed by atoms with van der Waals surface area (Å²) in [6.07, 6.45) is 3.37. The van der Waals surface area contributed by atoms with E-state index in [0.29, 0.717) is 23.3 Å². The van der Waals surface area contributed by atoms with Gasteiger partial charge in [0, 0.05) is 37.3 Å². The zero-order chi connectivity index (χ0) is 14.7. The first kappa shape index (κ1) is 14.7. The van der Waals surface area contributed by atoms with Crippen LogP contribution >= 0.6 is 15.9 Å². The van der Waals surface area contributed by atoms with Gasteiger partial charge in [0.1, 0.15) is 0 Å². The van der Waals surface area contributed by atoms with Crippen LogP contribution in [-0.2, 0) is 11.3 Å². The Morgan fingerprint density at radius 2 is 2.10 bits per heavy atom. The van der Waals surface area contributed by atoms with Crippen LogP contribution in [0, 0.1) is 6.92 Å². The number of methoxy groups -OCH3 is 1. The molecule has 0 spiro atoms. The maximum Gasteiger partial charge on any atom is 0.338 e. The van der Waals surface area contributed by atoms with Crippen molar-refractivity contribution in [2.75, 3.05) is 13.7 Å². The molecular formula is C14H15BrN2O3. The van der Waals surface area contributed by atoms with Crippen molar-refractivity contribution in [2.45, 2.75) is 13.5 Å². The van der Waals surface area contributed by atoms with Gasteiger partial charge >= 0.3 is 5.97 Å². The third kappa shape index (κ3) is 2.62. The normalized spacial score (nSPS) is 10.8. The lowest BCUT2D eigenvalue weighted by Crippen LogP contribution is -2.08. The summed E-state index contributed by atoms with van der Waals surface area (Å²) in [5.74, 6) is -0.944. The van der Waals surface area contributed by atoms with Crippen LogP contribution in [0.3, 0.4) is 0 Å². The maximum atomic E-state index is 11.4. The SMILES string of the molecule is COCCn1c(C)c(C(=O)O)c(Br)c1-c1ccncc1. The van der Waals surface area contributed by atoms with Crippen LogP contribution in [0.15, 0.2) is 29.0 Å². The molecule has 0 aliphatic carbocycles. The highest BCUT2D eigenvalue weighted by Gasteiger charge is 2.23. The summed E-state index contributed by atoms with van der Waals surface area (Å²) in [4.78, 5) is 15.4. The van der Waals surface area contributed by atoms with Gasteiger partial charge in [0.2, 0.25) is 0 Å². The molecule has 0 aliphatic heterocycles. The van der Waals surface area contributed by atoms with Gasteiger partial charge < -0.3 is 14.4 Å².